The summed E-state index contributed by atoms with van der Waals surface area (Å²) in [5, 5.41) is 0.581. The number of sulfone groups is 1. The van der Waals surface area contributed by atoms with E-state index in [4.69, 9.17) is 4.98 Å². The van der Waals surface area contributed by atoms with Gasteiger partial charge in [0.15, 0.2) is 15.0 Å². The van der Waals surface area contributed by atoms with Gasteiger partial charge in [-0.25, -0.2) is 13.4 Å². The number of aryl methyl sites for hydroxylation is 2. The van der Waals surface area contributed by atoms with E-state index in [1.54, 1.807) is 30.0 Å². The van der Waals surface area contributed by atoms with Crippen molar-refractivity contribution < 1.29 is 13.2 Å². The van der Waals surface area contributed by atoms with E-state index < -0.39 is 9.84 Å². The first kappa shape index (κ1) is 22.4. The van der Waals surface area contributed by atoms with Gasteiger partial charge in [-0.05, 0) is 51.2 Å². The largest absolute Gasteiger partial charge is 0.308 e. The highest BCUT2D eigenvalue weighted by molar-refractivity contribution is 7.91. The highest BCUT2D eigenvalue weighted by atomic mass is 32.2. The molecule has 0 bridgehead atoms. The fraction of sp³-hybridized carbons (Fsp3) is 0.364. The number of carbonyl (C=O) groups excluding carboxylic acids is 1. The lowest BCUT2D eigenvalue weighted by molar-refractivity contribution is 0.0982. The van der Waals surface area contributed by atoms with Gasteiger partial charge in [0, 0.05) is 13.1 Å². The van der Waals surface area contributed by atoms with Crippen LogP contribution < -0.4 is 4.90 Å². The van der Waals surface area contributed by atoms with Crippen LogP contribution in [0.15, 0.2) is 41.3 Å². The molecule has 2 aromatic carbocycles. The second-order valence-corrected chi connectivity index (χ2v) is 10.8. The van der Waals surface area contributed by atoms with Crippen molar-refractivity contribution in [3.05, 3.63) is 53.1 Å². The Bertz CT molecular complexity index is 1140. The predicted octanol–water partition coefficient (Wildman–Crippen LogP) is 3.92. The number of anilines is 1. The van der Waals surface area contributed by atoms with E-state index in [9.17, 15) is 13.2 Å². The third-order valence-corrected chi connectivity index (χ3v) is 8.01. The number of benzene rings is 2. The van der Waals surface area contributed by atoms with E-state index in [1.807, 2.05) is 38.9 Å². The third kappa shape index (κ3) is 4.40. The van der Waals surface area contributed by atoms with Crippen LogP contribution in [0.3, 0.4) is 0 Å². The summed E-state index contributed by atoms with van der Waals surface area (Å²) >= 11 is 1.47. The molecule has 0 saturated heterocycles. The fourth-order valence-electron chi connectivity index (χ4n) is 3.16. The number of hydrogen-bond acceptors (Lipinski definition) is 6. The number of nitrogens with zero attached hydrogens (tertiary/aromatic N) is 3. The molecule has 3 rings (SSSR count). The molecule has 1 aromatic heterocycles. The zero-order valence-corrected chi connectivity index (χ0v) is 19.6. The van der Waals surface area contributed by atoms with Gasteiger partial charge < -0.3 is 4.90 Å². The van der Waals surface area contributed by atoms with Gasteiger partial charge in [0.1, 0.15) is 0 Å². The van der Waals surface area contributed by atoms with Crippen LogP contribution >= 0.6 is 11.3 Å². The molecule has 1 heterocycles. The SMILES string of the molecule is CCS(=O)(=O)c1ccccc1C(=O)N(CCN(C)C)c1nc2c(C)ccc(C)c2s1. The highest BCUT2D eigenvalue weighted by Crippen LogP contribution is 2.34. The van der Waals surface area contributed by atoms with Gasteiger partial charge in [-0.3, -0.25) is 9.69 Å². The minimum Gasteiger partial charge on any atom is -0.308 e. The van der Waals surface area contributed by atoms with Crippen LogP contribution in [0.2, 0.25) is 0 Å². The average Bonchev–Trinajstić information content (AvgIpc) is 3.17. The molecule has 6 nitrogen and oxygen atoms in total. The zero-order chi connectivity index (χ0) is 22.1. The maximum absolute atomic E-state index is 13.6. The second-order valence-electron chi connectivity index (χ2n) is 7.53. The van der Waals surface area contributed by atoms with E-state index in [0.29, 0.717) is 18.2 Å². The highest BCUT2D eigenvalue weighted by Gasteiger charge is 2.27. The van der Waals surface area contributed by atoms with E-state index in [-0.39, 0.29) is 22.1 Å². The number of aromatic nitrogens is 1. The Balaban J connectivity index is 2.13. The first-order valence-electron chi connectivity index (χ1n) is 9.80. The molecule has 0 saturated carbocycles. The van der Waals surface area contributed by atoms with Gasteiger partial charge in [-0.2, -0.15) is 0 Å². The third-order valence-electron chi connectivity index (χ3n) is 5.01. The zero-order valence-electron chi connectivity index (χ0n) is 18.0. The number of thiazole rings is 1. The molecule has 0 aliphatic rings. The van der Waals surface area contributed by atoms with Crippen LogP contribution in [-0.4, -0.2) is 57.1 Å². The number of amides is 1. The Labute approximate surface area is 182 Å². The standard InChI is InChI=1S/C22H27N3O3S2/c1-6-30(27,28)18-10-8-7-9-17(18)21(26)25(14-13-24(4)5)22-23-19-15(2)11-12-16(3)20(19)29-22/h7-12H,6,13-14H2,1-5H3. The summed E-state index contributed by atoms with van der Waals surface area (Å²) < 4.78 is 26.2. The summed E-state index contributed by atoms with van der Waals surface area (Å²) in [5.41, 5.74) is 3.22. The van der Waals surface area contributed by atoms with E-state index in [2.05, 4.69) is 6.07 Å². The molecule has 0 aliphatic carbocycles. The number of likely N-dealkylation sites (N-methyl/N-ethyl adjacent to an activating group) is 1. The Morgan fingerprint density at radius 2 is 1.70 bits per heavy atom. The molecule has 0 fully saturated rings. The summed E-state index contributed by atoms with van der Waals surface area (Å²) in [7, 11) is 0.337. The maximum Gasteiger partial charge on any atom is 0.261 e. The lowest BCUT2D eigenvalue weighted by atomic mass is 10.1. The molecule has 30 heavy (non-hydrogen) atoms. The second kappa shape index (κ2) is 8.83. The molecular formula is C22H27N3O3S2. The minimum atomic E-state index is -3.53. The number of carbonyl (C=O) groups is 1. The van der Waals surface area contributed by atoms with Crippen LogP contribution in [0.5, 0.6) is 0 Å². The van der Waals surface area contributed by atoms with Gasteiger partial charge in [-0.15, -0.1) is 0 Å². The quantitative estimate of drug-likeness (QED) is 0.551. The summed E-state index contributed by atoms with van der Waals surface area (Å²) in [6.07, 6.45) is 0. The Kier molecular flexibility index (Phi) is 6.59. The van der Waals surface area contributed by atoms with Gasteiger partial charge in [-0.1, -0.05) is 42.5 Å². The Morgan fingerprint density at radius 1 is 1.03 bits per heavy atom. The van der Waals surface area contributed by atoms with Crippen molar-refractivity contribution in [1.82, 2.24) is 9.88 Å². The summed E-state index contributed by atoms with van der Waals surface area (Å²) in [6.45, 7) is 6.64. The number of fused-ring (bicyclic) bond motifs is 1. The van der Waals surface area contributed by atoms with E-state index in [1.165, 1.54) is 17.4 Å². The van der Waals surface area contributed by atoms with Crippen LogP contribution in [0, 0.1) is 13.8 Å². The molecule has 3 aromatic rings. The van der Waals surface area contributed by atoms with Crippen LogP contribution in [0.4, 0.5) is 5.13 Å². The molecule has 160 valence electrons. The molecule has 0 atom stereocenters. The Morgan fingerprint density at radius 3 is 2.33 bits per heavy atom. The van der Waals surface area contributed by atoms with Crippen molar-refractivity contribution in [2.45, 2.75) is 25.7 Å². The minimum absolute atomic E-state index is 0.0610. The fourth-order valence-corrected chi connectivity index (χ4v) is 5.39. The van der Waals surface area contributed by atoms with Crippen molar-refractivity contribution in [3.8, 4) is 0 Å². The molecule has 0 N–H and O–H groups in total. The van der Waals surface area contributed by atoms with Crippen LogP contribution in [-0.2, 0) is 9.84 Å². The molecular weight excluding hydrogens is 418 g/mol. The molecule has 1 amide bonds. The van der Waals surface area contributed by atoms with Crippen molar-refractivity contribution in [1.29, 1.82) is 0 Å². The topological polar surface area (TPSA) is 70.6 Å². The molecule has 0 aliphatic heterocycles. The van der Waals surface area contributed by atoms with Gasteiger partial charge in [0.05, 0.1) is 26.4 Å². The lowest BCUT2D eigenvalue weighted by Crippen LogP contribution is -2.37. The molecule has 8 heteroatoms. The lowest BCUT2D eigenvalue weighted by Gasteiger charge is -2.23. The average molecular weight is 446 g/mol. The molecule has 0 spiro atoms. The predicted molar refractivity (Wildman–Crippen MR) is 123 cm³/mol. The van der Waals surface area contributed by atoms with Gasteiger partial charge >= 0.3 is 0 Å². The summed E-state index contributed by atoms with van der Waals surface area (Å²) in [5.74, 6) is -0.409. The van der Waals surface area contributed by atoms with Gasteiger partial charge in [0.25, 0.3) is 5.91 Å². The number of rotatable bonds is 7. The monoisotopic (exact) mass is 445 g/mol. The first-order valence-corrected chi connectivity index (χ1v) is 12.3. The van der Waals surface area contributed by atoms with Crippen molar-refractivity contribution in [2.75, 3.05) is 37.8 Å². The normalized spacial score (nSPS) is 11.9. The first-order chi connectivity index (χ1) is 14.2. The van der Waals surface area contributed by atoms with Crippen molar-refractivity contribution in [2.24, 2.45) is 0 Å². The summed E-state index contributed by atoms with van der Waals surface area (Å²) in [6, 6.07) is 10.5. The van der Waals surface area contributed by atoms with E-state index >= 15 is 0 Å². The smallest absolute Gasteiger partial charge is 0.261 e. The maximum atomic E-state index is 13.6. The molecule has 0 radical (unpaired) electrons. The van der Waals surface area contributed by atoms with Crippen LogP contribution in [0.25, 0.3) is 10.2 Å². The molecule has 0 unspecified atom stereocenters. The number of hydrogen-bond donors (Lipinski definition) is 0. The van der Waals surface area contributed by atoms with Gasteiger partial charge in [0.2, 0.25) is 0 Å². The van der Waals surface area contributed by atoms with E-state index in [0.717, 1.165) is 21.3 Å². The van der Waals surface area contributed by atoms with Crippen LogP contribution in [0.1, 0.15) is 28.4 Å². The van der Waals surface area contributed by atoms with Crippen molar-refractivity contribution >= 4 is 42.4 Å². The summed E-state index contributed by atoms with van der Waals surface area (Å²) in [4.78, 5) is 22.0. The Hall–Kier alpha value is -2.29. The van der Waals surface area contributed by atoms with Crippen molar-refractivity contribution in [3.63, 3.8) is 0 Å².